The van der Waals surface area contributed by atoms with Crippen molar-refractivity contribution in [3.63, 3.8) is 0 Å². The molecule has 0 fully saturated rings. The first kappa shape index (κ1) is 20.5. The fourth-order valence-corrected chi connectivity index (χ4v) is 2.89. The molecule has 0 aliphatic rings. The Bertz CT molecular complexity index is 970. The highest BCUT2D eigenvalue weighted by atomic mass is 32.2. The molecule has 1 aromatic heterocycles. The van der Waals surface area contributed by atoms with Gasteiger partial charge in [0.05, 0.1) is 10.5 Å². The van der Waals surface area contributed by atoms with Gasteiger partial charge in [-0.3, -0.25) is 4.79 Å². The lowest BCUT2D eigenvalue weighted by Gasteiger charge is -2.14. The molecule has 27 heavy (non-hydrogen) atoms. The van der Waals surface area contributed by atoms with Gasteiger partial charge < -0.3 is 14.6 Å². The second-order valence-corrected chi connectivity index (χ2v) is 7.94. The van der Waals surface area contributed by atoms with Crippen LogP contribution in [0.25, 0.3) is 0 Å². The Morgan fingerprint density at radius 2 is 1.96 bits per heavy atom. The molecule has 146 valence electrons. The van der Waals surface area contributed by atoms with Gasteiger partial charge in [-0.1, -0.05) is 5.16 Å². The average molecular weight is 399 g/mol. The van der Waals surface area contributed by atoms with Gasteiger partial charge in [0.1, 0.15) is 11.6 Å². The Morgan fingerprint density at radius 1 is 1.30 bits per heavy atom. The van der Waals surface area contributed by atoms with Gasteiger partial charge in [0.2, 0.25) is 10.0 Å². The van der Waals surface area contributed by atoms with Crippen LogP contribution in [0.15, 0.2) is 33.7 Å². The SMILES string of the molecule is Cc1cc(NC(=O)[C@H](C)OC(=O)c2cc(S(=O)(=O)N(C)C)ccc2F)no1. The quantitative estimate of drug-likeness (QED) is 0.732. The lowest BCUT2D eigenvalue weighted by Crippen LogP contribution is -2.30. The van der Waals surface area contributed by atoms with Crippen LogP contribution in [0.1, 0.15) is 23.0 Å². The largest absolute Gasteiger partial charge is 0.449 e. The number of anilines is 1. The molecule has 0 saturated heterocycles. The Hall–Kier alpha value is -2.79. The van der Waals surface area contributed by atoms with E-state index in [0.717, 1.165) is 22.5 Å². The molecule has 2 rings (SSSR count). The number of ether oxygens (including phenoxy) is 1. The molecular weight excluding hydrogens is 381 g/mol. The smallest absolute Gasteiger partial charge is 0.341 e. The van der Waals surface area contributed by atoms with Crippen molar-refractivity contribution in [3.8, 4) is 0 Å². The van der Waals surface area contributed by atoms with Gasteiger partial charge in [0, 0.05) is 20.2 Å². The molecule has 9 nitrogen and oxygen atoms in total. The fourth-order valence-electron chi connectivity index (χ4n) is 1.96. The lowest BCUT2D eigenvalue weighted by atomic mass is 10.2. The minimum absolute atomic E-state index is 0.130. The third-order valence-electron chi connectivity index (χ3n) is 3.47. The van der Waals surface area contributed by atoms with Crippen molar-refractivity contribution < 1.29 is 31.7 Å². The van der Waals surface area contributed by atoms with Crippen molar-refractivity contribution in [1.82, 2.24) is 9.46 Å². The molecule has 2 aromatic rings. The highest BCUT2D eigenvalue weighted by Crippen LogP contribution is 2.19. The molecule has 0 radical (unpaired) electrons. The Balaban J connectivity index is 2.16. The number of halogens is 1. The monoisotopic (exact) mass is 399 g/mol. The highest BCUT2D eigenvalue weighted by molar-refractivity contribution is 7.89. The number of carbonyl (C=O) groups is 2. The standard InChI is InChI=1S/C16H18FN3O6S/c1-9-7-14(19-26-9)18-15(21)10(2)25-16(22)12-8-11(5-6-13(12)17)27(23,24)20(3)4/h5-8,10H,1-4H3,(H,18,19,21)/t10-/m0/s1. The first-order valence-electron chi connectivity index (χ1n) is 7.69. The second kappa shape index (κ2) is 7.84. The first-order chi connectivity index (χ1) is 12.5. The summed E-state index contributed by atoms with van der Waals surface area (Å²) in [7, 11) is -1.27. The summed E-state index contributed by atoms with van der Waals surface area (Å²) < 4.78 is 48.9. The summed E-state index contributed by atoms with van der Waals surface area (Å²) in [5, 5.41) is 5.93. The van der Waals surface area contributed by atoms with Crippen LogP contribution in [0.4, 0.5) is 10.2 Å². The molecule has 1 amide bonds. The van der Waals surface area contributed by atoms with Gasteiger partial charge in [-0.05, 0) is 32.0 Å². The molecule has 0 bridgehead atoms. The number of hydrogen-bond donors (Lipinski definition) is 1. The van der Waals surface area contributed by atoms with E-state index in [4.69, 9.17) is 9.26 Å². The van der Waals surface area contributed by atoms with Crippen LogP contribution in [0.3, 0.4) is 0 Å². The maximum atomic E-state index is 14.0. The van der Waals surface area contributed by atoms with Crippen LogP contribution >= 0.6 is 0 Å². The Kier molecular flexibility index (Phi) is 5.96. The Labute approximate surface area is 155 Å². The number of benzene rings is 1. The zero-order valence-electron chi connectivity index (χ0n) is 15.0. The zero-order valence-corrected chi connectivity index (χ0v) is 15.8. The molecule has 0 aliphatic carbocycles. The van der Waals surface area contributed by atoms with Gasteiger partial charge in [0.25, 0.3) is 5.91 Å². The van der Waals surface area contributed by atoms with Gasteiger partial charge in [-0.25, -0.2) is 21.9 Å². The normalized spacial score (nSPS) is 12.7. The van der Waals surface area contributed by atoms with Crippen molar-refractivity contribution in [1.29, 1.82) is 0 Å². The molecule has 0 saturated carbocycles. The fraction of sp³-hybridized carbons (Fsp3) is 0.312. The third kappa shape index (κ3) is 4.68. The summed E-state index contributed by atoms with van der Waals surface area (Å²) in [5.41, 5.74) is -0.602. The second-order valence-electron chi connectivity index (χ2n) is 5.79. The maximum absolute atomic E-state index is 14.0. The summed E-state index contributed by atoms with van der Waals surface area (Å²) in [6.07, 6.45) is -1.29. The van der Waals surface area contributed by atoms with Gasteiger partial charge in [-0.15, -0.1) is 0 Å². The molecule has 1 N–H and O–H groups in total. The third-order valence-corrected chi connectivity index (χ3v) is 5.28. The summed E-state index contributed by atoms with van der Waals surface area (Å²) in [5.74, 6) is -2.27. The predicted molar refractivity (Wildman–Crippen MR) is 92.0 cm³/mol. The number of nitrogens with one attached hydrogen (secondary N) is 1. The topological polar surface area (TPSA) is 119 Å². The van der Waals surface area contributed by atoms with Crippen molar-refractivity contribution in [2.24, 2.45) is 0 Å². The van der Waals surface area contributed by atoms with Crippen LogP contribution in [-0.2, 0) is 19.6 Å². The number of esters is 1. The molecule has 11 heteroatoms. The van der Waals surface area contributed by atoms with Gasteiger partial charge in [0.15, 0.2) is 11.9 Å². The first-order valence-corrected chi connectivity index (χ1v) is 9.13. The number of aryl methyl sites for hydroxylation is 1. The van der Waals surface area contributed by atoms with E-state index in [1.807, 2.05) is 0 Å². The van der Waals surface area contributed by atoms with E-state index in [1.165, 1.54) is 27.1 Å². The van der Waals surface area contributed by atoms with Crippen LogP contribution in [0.2, 0.25) is 0 Å². The number of carbonyl (C=O) groups excluding carboxylic acids is 2. The molecule has 1 atom stereocenters. The number of nitrogens with zero attached hydrogens (tertiary/aromatic N) is 2. The van der Waals surface area contributed by atoms with E-state index in [-0.39, 0.29) is 10.7 Å². The molecule has 0 spiro atoms. The zero-order chi connectivity index (χ0) is 20.4. The molecule has 1 heterocycles. The Morgan fingerprint density at radius 3 is 2.52 bits per heavy atom. The van der Waals surface area contributed by atoms with Crippen LogP contribution in [-0.4, -0.2) is 50.0 Å². The number of amides is 1. The van der Waals surface area contributed by atoms with E-state index in [1.54, 1.807) is 6.92 Å². The van der Waals surface area contributed by atoms with Crippen molar-refractivity contribution in [2.75, 3.05) is 19.4 Å². The highest BCUT2D eigenvalue weighted by Gasteiger charge is 2.25. The average Bonchev–Trinajstić information content (AvgIpc) is 2.99. The van der Waals surface area contributed by atoms with Crippen molar-refractivity contribution >= 4 is 27.7 Å². The van der Waals surface area contributed by atoms with Crippen LogP contribution < -0.4 is 5.32 Å². The van der Waals surface area contributed by atoms with Crippen molar-refractivity contribution in [2.45, 2.75) is 24.8 Å². The van der Waals surface area contributed by atoms with E-state index in [9.17, 15) is 22.4 Å². The molecular formula is C16H18FN3O6S. The van der Waals surface area contributed by atoms with Crippen LogP contribution in [0.5, 0.6) is 0 Å². The van der Waals surface area contributed by atoms with Crippen molar-refractivity contribution in [3.05, 3.63) is 41.4 Å². The summed E-state index contributed by atoms with van der Waals surface area (Å²) in [4.78, 5) is 23.9. The number of hydrogen-bond acceptors (Lipinski definition) is 7. The van der Waals surface area contributed by atoms with E-state index in [0.29, 0.717) is 5.76 Å². The van der Waals surface area contributed by atoms with E-state index >= 15 is 0 Å². The maximum Gasteiger partial charge on any atom is 0.341 e. The number of rotatable bonds is 6. The lowest BCUT2D eigenvalue weighted by molar-refractivity contribution is -0.123. The molecule has 1 aromatic carbocycles. The van der Waals surface area contributed by atoms with Gasteiger partial charge >= 0.3 is 5.97 Å². The van der Waals surface area contributed by atoms with Crippen LogP contribution in [0, 0.1) is 12.7 Å². The molecule has 0 aliphatic heterocycles. The van der Waals surface area contributed by atoms with Gasteiger partial charge in [-0.2, -0.15) is 0 Å². The summed E-state index contributed by atoms with van der Waals surface area (Å²) >= 11 is 0. The predicted octanol–water partition coefficient (Wildman–Crippen LogP) is 1.56. The summed E-state index contributed by atoms with van der Waals surface area (Å²) in [6, 6.07) is 4.20. The minimum Gasteiger partial charge on any atom is -0.449 e. The summed E-state index contributed by atoms with van der Waals surface area (Å²) in [6.45, 7) is 2.90. The number of aromatic nitrogens is 1. The molecule has 0 unspecified atom stereocenters. The van der Waals surface area contributed by atoms with E-state index in [2.05, 4.69) is 10.5 Å². The van der Waals surface area contributed by atoms with E-state index < -0.39 is 39.4 Å². The minimum atomic E-state index is -3.87. The number of sulfonamides is 1.